The van der Waals surface area contributed by atoms with E-state index in [1.807, 2.05) is 31.1 Å². The highest BCUT2D eigenvalue weighted by Crippen LogP contribution is 2.21. The minimum atomic E-state index is 0.298. The van der Waals surface area contributed by atoms with E-state index in [4.69, 9.17) is 5.73 Å². The van der Waals surface area contributed by atoms with E-state index in [0.29, 0.717) is 12.5 Å². The fourth-order valence-corrected chi connectivity index (χ4v) is 2.06. The van der Waals surface area contributed by atoms with E-state index in [9.17, 15) is 0 Å². The summed E-state index contributed by atoms with van der Waals surface area (Å²) in [6, 6.07) is 4.01. The van der Waals surface area contributed by atoms with E-state index >= 15 is 0 Å². The first-order valence-electron chi connectivity index (χ1n) is 6.39. The molecule has 0 amide bonds. The van der Waals surface area contributed by atoms with E-state index < -0.39 is 0 Å². The van der Waals surface area contributed by atoms with Crippen LogP contribution in [0.2, 0.25) is 0 Å². The van der Waals surface area contributed by atoms with Crippen molar-refractivity contribution in [3.8, 4) is 0 Å². The molecule has 98 valence electrons. The second-order valence-corrected chi connectivity index (χ2v) is 4.78. The maximum absolute atomic E-state index is 5.80. The average Bonchev–Trinajstić information content (AvgIpc) is 2.78. The Morgan fingerprint density at radius 1 is 1.33 bits per heavy atom. The standard InChI is InChI=1S/C13H21N5/c1-4-5-9(8-14)12-15-10-6-7-11(18(2)3)16-13(10)17-12/h6-7,9H,4-5,8,14H2,1-3H3,(H,15,16,17). The van der Waals surface area contributed by atoms with Crippen LogP contribution in [-0.2, 0) is 0 Å². The zero-order chi connectivity index (χ0) is 13.1. The molecule has 2 aromatic rings. The van der Waals surface area contributed by atoms with Gasteiger partial charge in [-0.1, -0.05) is 13.3 Å². The van der Waals surface area contributed by atoms with Gasteiger partial charge < -0.3 is 15.6 Å². The van der Waals surface area contributed by atoms with Crippen molar-refractivity contribution in [2.45, 2.75) is 25.7 Å². The molecule has 1 atom stereocenters. The van der Waals surface area contributed by atoms with Crippen molar-refractivity contribution in [2.75, 3.05) is 25.5 Å². The number of hydrogen-bond donors (Lipinski definition) is 2. The van der Waals surface area contributed by atoms with Crippen molar-refractivity contribution in [3.05, 3.63) is 18.0 Å². The Labute approximate surface area is 107 Å². The Kier molecular flexibility index (Phi) is 3.81. The van der Waals surface area contributed by atoms with Crippen LogP contribution in [0.15, 0.2) is 12.1 Å². The van der Waals surface area contributed by atoms with E-state index in [1.54, 1.807) is 0 Å². The van der Waals surface area contributed by atoms with Crippen LogP contribution in [0.25, 0.3) is 11.2 Å². The Bertz CT molecular complexity index is 517. The van der Waals surface area contributed by atoms with Crippen LogP contribution in [0.1, 0.15) is 31.5 Å². The number of aromatic nitrogens is 3. The number of anilines is 1. The van der Waals surface area contributed by atoms with Gasteiger partial charge in [-0.3, -0.25) is 0 Å². The summed E-state index contributed by atoms with van der Waals surface area (Å²) in [5.41, 5.74) is 7.55. The lowest BCUT2D eigenvalue weighted by Crippen LogP contribution is -2.13. The van der Waals surface area contributed by atoms with E-state index in [1.165, 1.54) is 0 Å². The summed E-state index contributed by atoms with van der Waals surface area (Å²) in [7, 11) is 3.95. The number of fused-ring (bicyclic) bond motifs is 1. The monoisotopic (exact) mass is 247 g/mol. The lowest BCUT2D eigenvalue weighted by atomic mass is 10.0. The van der Waals surface area contributed by atoms with Crippen molar-refractivity contribution in [1.29, 1.82) is 0 Å². The zero-order valence-corrected chi connectivity index (χ0v) is 11.3. The van der Waals surface area contributed by atoms with Gasteiger partial charge in [-0.05, 0) is 18.6 Å². The highest BCUT2D eigenvalue weighted by Gasteiger charge is 2.14. The highest BCUT2D eigenvalue weighted by atomic mass is 15.1. The molecular weight excluding hydrogens is 226 g/mol. The molecule has 0 aromatic carbocycles. The first-order chi connectivity index (χ1) is 8.65. The van der Waals surface area contributed by atoms with E-state index in [-0.39, 0.29) is 0 Å². The number of H-pyrrole nitrogens is 1. The third kappa shape index (κ3) is 2.46. The molecule has 1 unspecified atom stereocenters. The topological polar surface area (TPSA) is 70.8 Å². The molecule has 0 radical (unpaired) electrons. The number of rotatable bonds is 5. The molecule has 0 saturated heterocycles. The predicted octanol–water partition coefficient (Wildman–Crippen LogP) is 1.87. The molecule has 18 heavy (non-hydrogen) atoms. The fourth-order valence-electron chi connectivity index (χ4n) is 2.06. The Morgan fingerprint density at radius 3 is 2.72 bits per heavy atom. The van der Waals surface area contributed by atoms with Crippen LogP contribution in [0.3, 0.4) is 0 Å². The molecule has 2 aromatic heterocycles. The molecule has 0 fully saturated rings. The van der Waals surface area contributed by atoms with Crippen LogP contribution in [0.4, 0.5) is 5.82 Å². The number of hydrogen-bond acceptors (Lipinski definition) is 4. The van der Waals surface area contributed by atoms with Crippen molar-refractivity contribution < 1.29 is 0 Å². The molecular formula is C13H21N5. The van der Waals surface area contributed by atoms with Gasteiger partial charge in [0.25, 0.3) is 0 Å². The Balaban J connectivity index is 2.37. The van der Waals surface area contributed by atoms with Crippen molar-refractivity contribution in [3.63, 3.8) is 0 Å². The van der Waals surface area contributed by atoms with Gasteiger partial charge in [-0.2, -0.15) is 0 Å². The second kappa shape index (κ2) is 5.35. The third-order valence-electron chi connectivity index (χ3n) is 3.12. The van der Waals surface area contributed by atoms with E-state index in [0.717, 1.165) is 35.6 Å². The van der Waals surface area contributed by atoms with Crippen LogP contribution in [-0.4, -0.2) is 35.6 Å². The number of aromatic amines is 1. The van der Waals surface area contributed by atoms with Crippen LogP contribution in [0.5, 0.6) is 0 Å². The quantitative estimate of drug-likeness (QED) is 0.846. The predicted molar refractivity (Wildman–Crippen MR) is 74.9 cm³/mol. The molecule has 0 saturated carbocycles. The molecule has 0 aliphatic rings. The second-order valence-electron chi connectivity index (χ2n) is 4.78. The smallest absolute Gasteiger partial charge is 0.179 e. The summed E-state index contributed by atoms with van der Waals surface area (Å²) in [5.74, 6) is 2.17. The van der Waals surface area contributed by atoms with Crippen molar-refractivity contribution >= 4 is 17.0 Å². The van der Waals surface area contributed by atoms with Crippen LogP contribution in [0, 0.1) is 0 Å². The van der Waals surface area contributed by atoms with Gasteiger partial charge in [-0.15, -0.1) is 0 Å². The van der Waals surface area contributed by atoms with Gasteiger partial charge in [0, 0.05) is 26.6 Å². The van der Waals surface area contributed by atoms with Gasteiger partial charge in [-0.25, -0.2) is 9.97 Å². The maximum Gasteiger partial charge on any atom is 0.179 e. The lowest BCUT2D eigenvalue weighted by Gasteiger charge is -2.09. The van der Waals surface area contributed by atoms with Gasteiger partial charge in [0.05, 0.1) is 5.52 Å². The Hall–Kier alpha value is -1.62. The molecule has 0 spiro atoms. The number of nitrogens with two attached hydrogens (primary N) is 1. The SMILES string of the molecule is CCCC(CN)c1nc2nc(N(C)C)ccc2[nH]1. The molecule has 3 N–H and O–H groups in total. The largest absolute Gasteiger partial charge is 0.363 e. The summed E-state index contributed by atoms with van der Waals surface area (Å²) in [5, 5.41) is 0. The summed E-state index contributed by atoms with van der Waals surface area (Å²) in [6.45, 7) is 2.78. The molecule has 2 heterocycles. The summed E-state index contributed by atoms with van der Waals surface area (Å²) in [6.07, 6.45) is 2.16. The minimum absolute atomic E-state index is 0.298. The summed E-state index contributed by atoms with van der Waals surface area (Å²) in [4.78, 5) is 14.4. The molecule has 0 aliphatic heterocycles. The van der Waals surface area contributed by atoms with Gasteiger partial charge in [0.15, 0.2) is 5.65 Å². The Morgan fingerprint density at radius 2 is 2.11 bits per heavy atom. The number of nitrogens with zero attached hydrogens (tertiary/aromatic N) is 3. The minimum Gasteiger partial charge on any atom is -0.363 e. The first-order valence-corrected chi connectivity index (χ1v) is 6.39. The maximum atomic E-state index is 5.80. The van der Waals surface area contributed by atoms with Crippen LogP contribution < -0.4 is 10.6 Å². The molecule has 2 rings (SSSR count). The number of pyridine rings is 1. The van der Waals surface area contributed by atoms with Crippen molar-refractivity contribution in [1.82, 2.24) is 15.0 Å². The number of nitrogens with one attached hydrogen (secondary N) is 1. The number of imidazole rings is 1. The molecule has 0 aliphatic carbocycles. The summed E-state index contributed by atoms with van der Waals surface area (Å²) >= 11 is 0. The summed E-state index contributed by atoms with van der Waals surface area (Å²) < 4.78 is 0. The van der Waals surface area contributed by atoms with E-state index in [2.05, 4.69) is 21.9 Å². The lowest BCUT2D eigenvalue weighted by molar-refractivity contribution is 0.596. The first kappa shape index (κ1) is 12.8. The zero-order valence-electron chi connectivity index (χ0n) is 11.3. The van der Waals surface area contributed by atoms with Gasteiger partial charge in [0.2, 0.25) is 0 Å². The van der Waals surface area contributed by atoms with Crippen LogP contribution >= 0.6 is 0 Å². The van der Waals surface area contributed by atoms with Gasteiger partial charge >= 0.3 is 0 Å². The van der Waals surface area contributed by atoms with Crippen molar-refractivity contribution in [2.24, 2.45) is 5.73 Å². The molecule has 0 bridgehead atoms. The molecule has 5 nitrogen and oxygen atoms in total. The average molecular weight is 247 g/mol. The third-order valence-corrected chi connectivity index (χ3v) is 3.12. The highest BCUT2D eigenvalue weighted by molar-refractivity contribution is 5.73. The fraction of sp³-hybridized carbons (Fsp3) is 0.538. The molecule has 5 heteroatoms. The van der Waals surface area contributed by atoms with Gasteiger partial charge in [0.1, 0.15) is 11.6 Å². The normalized spacial score (nSPS) is 12.9.